The molecule has 1 N–H and O–H groups in total. The second-order valence-electron chi connectivity index (χ2n) is 3.41. The fourth-order valence-corrected chi connectivity index (χ4v) is 1.64. The number of hydrogen-bond donors (Lipinski definition) is 1. The van der Waals surface area contributed by atoms with Gasteiger partial charge < -0.3 is 10.2 Å². The molecule has 1 aromatic rings. The first-order valence-corrected chi connectivity index (χ1v) is 4.90. The Balaban J connectivity index is 2.47. The summed E-state index contributed by atoms with van der Waals surface area (Å²) in [6.45, 7) is 2.53. The molecule has 15 heavy (non-hydrogen) atoms. The van der Waals surface area contributed by atoms with Crippen molar-refractivity contribution in [2.45, 2.75) is 6.92 Å². The molecule has 0 fully saturated rings. The second-order valence-corrected chi connectivity index (χ2v) is 3.41. The molecule has 0 bridgehead atoms. The van der Waals surface area contributed by atoms with Gasteiger partial charge in [-0.15, -0.1) is 0 Å². The summed E-state index contributed by atoms with van der Waals surface area (Å²) in [5.74, 6) is -0.235. The van der Waals surface area contributed by atoms with Crippen LogP contribution in [0.25, 0.3) is 0 Å². The zero-order valence-electron chi connectivity index (χ0n) is 8.49. The molecule has 0 saturated carbocycles. The average Bonchev–Trinajstić information content (AvgIpc) is 2.36. The number of nitrogens with one attached hydrogen (secondary N) is 1. The van der Waals surface area contributed by atoms with Crippen LogP contribution < -0.4 is 5.32 Å². The first kappa shape index (κ1) is 9.71. The molecular weight excluding hydrogens is 192 g/mol. The maximum absolute atomic E-state index is 11.9. The van der Waals surface area contributed by atoms with Gasteiger partial charge in [0.25, 0.3) is 5.91 Å². The summed E-state index contributed by atoms with van der Waals surface area (Å²) in [7, 11) is 0. The van der Waals surface area contributed by atoms with Crippen LogP contribution >= 0.6 is 0 Å². The van der Waals surface area contributed by atoms with Gasteiger partial charge in [-0.05, 0) is 19.1 Å². The van der Waals surface area contributed by atoms with Crippen LogP contribution in [0.5, 0.6) is 0 Å². The predicted molar refractivity (Wildman–Crippen MR) is 56.6 cm³/mol. The van der Waals surface area contributed by atoms with Crippen molar-refractivity contribution in [3.05, 3.63) is 29.8 Å². The highest BCUT2D eigenvalue weighted by Crippen LogP contribution is 2.19. The summed E-state index contributed by atoms with van der Waals surface area (Å²) in [5.41, 5.74) is 1.16. The Labute approximate surface area is 87.9 Å². The summed E-state index contributed by atoms with van der Waals surface area (Å²) in [5, 5.41) is 2.72. The molecule has 4 heteroatoms. The van der Waals surface area contributed by atoms with Crippen molar-refractivity contribution < 1.29 is 9.59 Å². The van der Waals surface area contributed by atoms with Crippen LogP contribution in [0.15, 0.2) is 24.3 Å². The number of anilines is 1. The van der Waals surface area contributed by atoms with Crippen LogP contribution in [0.3, 0.4) is 0 Å². The summed E-state index contributed by atoms with van der Waals surface area (Å²) < 4.78 is 0. The third kappa shape index (κ3) is 1.70. The molecule has 2 amide bonds. The number of fused-ring (bicyclic) bond motifs is 1. The number of amides is 2. The number of para-hydroxylation sites is 1. The lowest BCUT2D eigenvalue weighted by molar-refractivity contribution is -0.116. The smallest absolute Gasteiger partial charge is 0.256 e. The molecule has 1 heterocycles. The Hall–Kier alpha value is -1.84. The Morgan fingerprint density at radius 1 is 1.33 bits per heavy atom. The van der Waals surface area contributed by atoms with Gasteiger partial charge in [0.1, 0.15) is 6.54 Å². The quantitative estimate of drug-likeness (QED) is 0.744. The molecule has 1 aliphatic heterocycles. The van der Waals surface area contributed by atoms with Gasteiger partial charge in [-0.1, -0.05) is 12.1 Å². The maximum Gasteiger partial charge on any atom is 0.256 e. The van der Waals surface area contributed by atoms with E-state index < -0.39 is 0 Å². The molecule has 0 atom stereocenters. The summed E-state index contributed by atoms with van der Waals surface area (Å²) in [4.78, 5) is 24.9. The lowest BCUT2D eigenvalue weighted by atomic mass is 10.1. The van der Waals surface area contributed by atoms with Crippen LogP contribution in [0.2, 0.25) is 0 Å². The second kappa shape index (κ2) is 3.73. The van der Waals surface area contributed by atoms with Gasteiger partial charge in [0.05, 0.1) is 11.3 Å². The lowest BCUT2D eigenvalue weighted by Crippen LogP contribution is -2.34. The molecular formula is C11H12N2O2. The van der Waals surface area contributed by atoms with E-state index in [0.29, 0.717) is 17.8 Å². The van der Waals surface area contributed by atoms with Crippen LogP contribution in [-0.4, -0.2) is 29.8 Å². The topological polar surface area (TPSA) is 49.4 Å². The molecule has 0 saturated heterocycles. The Bertz CT molecular complexity index is 415. The number of carbonyl (C=O) groups is 2. The zero-order valence-corrected chi connectivity index (χ0v) is 8.49. The van der Waals surface area contributed by atoms with Crippen LogP contribution in [0.1, 0.15) is 17.3 Å². The Morgan fingerprint density at radius 2 is 2.07 bits per heavy atom. The first-order valence-electron chi connectivity index (χ1n) is 4.90. The Morgan fingerprint density at radius 3 is 2.80 bits per heavy atom. The van der Waals surface area contributed by atoms with E-state index in [1.807, 2.05) is 6.92 Å². The van der Waals surface area contributed by atoms with E-state index in [1.54, 1.807) is 24.3 Å². The van der Waals surface area contributed by atoms with Crippen molar-refractivity contribution in [3.63, 3.8) is 0 Å². The van der Waals surface area contributed by atoms with Crippen LogP contribution in [-0.2, 0) is 4.79 Å². The van der Waals surface area contributed by atoms with Gasteiger partial charge in [-0.25, -0.2) is 0 Å². The highest BCUT2D eigenvalue weighted by Gasteiger charge is 2.24. The molecule has 0 spiro atoms. The summed E-state index contributed by atoms with van der Waals surface area (Å²) in [6, 6.07) is 7.06. The van der Waals surface area contributed by atoms with Crippen LogP contribution in [0.4, 0.5) is 5.69 Å². The molecule has 0 unspecified atom stereocenters. The Kier molecular flexibility index (Phi) is 2.41. The van der Waals surface area contributed by atoms with Gasteiger partial charge in [0.15, 0.2) is 0 Å². The van der Waals surface area contributed by atoms with Crippen molar-refractivity contribution in [2.24, 2.45) is 0 Å². The fraction of sp³-hybridized carbons (Fsp3) is 0.273. The maximum atomic E-state index is 11.9. The van der Waals surface area contributed by atoms with E-state index in [2.05, 4.69) is 5.32 Å². The summed E-state index contributed by atoms with van der Waals surface area (Å²) >= 11 is 0. The average molecular weight is 204 g/mol. The van der Waals surface area contributed by atoms with E-state index in [9.17, 15) is 9.59 Å². The van der Waals surface area contributed by atoms with Crippen molar-refractivity contribution >= 4 is 17.5 Å². The van der Waals surface area contributed by atoms with E-state index in [1.165, 1.54) is 4.90 Å². The number of carbonyl (C=O) groups excluding carboxylic acids is 2. The van der Waals surface area contributed by atoms with E-state index >= 15 is 0 Å². The van der Waals surface area contributed by atoms with E-state index in [-0.39, 0.29) is 18.4 Å². The first-order chi connectivity index (χ1) is 7.22. The van der Waals surface area contributed by atoms with Gasteiger partial charge in [-0.2, -0.15) is 0 Å². The largest absolute Gasteiger partial charge is 0.330 e. The van der Waals surface area contributed by atoms with E-state index in [0.717, 1.165) is 0 Å². The van der Waals surface area contributed by atoms with Gasteiger partial charge >= 0.3 is 0 Å². The standard InChI is InChI=1S/C11H12N2O2/c1-2-13-7-10(14)12-9-6-4-3-5-8(9)11(13)15/h3-6H,2,7H2,1H3,(H,12,14). The number of benzene rings is 1. The normalized spacial score (nSPS) is 15.7. The number of likely N-dealkylation sites (N-methyl/N-ethyl adjacent to an activating group) is 1. The minimum atomic E-state index is -0.143. The van der Waals surface area contributed by atoms with Gasteiger partial charge in [0, 0.05) is 6.54 Å². The molecule has 2 rings (SSSR count). The minimum absolute atomic E-state index is 0.0912. The minimum Gasteiger partial charge on any atom is -0.330 e. The van der Waals surface area contributed by atoms with Crippen molar-refractivity contribution in [2.75, 3.05) is 18.4 Å². The van der Waals surface area contributed by atoms with Crippen molar-refractivity contribution in [1.29, 1.82) is 0 Å². The lowest BCUT2D eigenvalue weighted by Gasteiger charge is -2.16. The highest BCUT2D eigenvalue weighted by molar-refractivity contribution is 6.08. The van der Waals surface area contributed by atoms with Gasteiger partial charge in [-0.3, -0.25) is 9.59 Å². The fourth-order valence-electron chi connectivity index (χ4n) is 1.64. The summed E-state index contributed by atoms with van der Waals surface area (Å²) in [6.07, 6.45) is 0. The number of nitrogens with zero attached hydrogens (tertiary/aromatic N) is 1. The zero-order chi connectivity index (χ0) is 10.8. The molecule has 4 nitrogen and oxygen atoms in total. The predicted octanol–water partition coefficient (Wildman–Crippen LogP) is 1.10. The van der Waals surface area contributed by atoms with Crippen molar-refractivity contribution in [1.82, 2.24) is 4.90 Å². The molecule has 1 aliphatic rings. The van der Waals surface area contributed by atoms with Gasteiger partial charge in [0.2, 0.25) is 5.91 Å². The molecule has 78 valence electrons. The number of rotatable bonds is 1. The number of hydrogen-bond acceptors (Lipinski definition) is 2. The third-order valence-corrected chi connectivity index (χ3v) is 2.43. The molecule has 1 aromatic carbocycles. The highest BCUT2D eigenvalue weighted by atomic mass is 16.2. The molecule has 0 aliphatic carbocycles. The van der Waals surface area contributed by atoms with E-state index in [4.69, 9.17) is 0 Å². The third-order valence-electron chi connectivity index (χ3n) is 2.43. The van der Waals surface area contributed by atoms with Crippen LogP contribution in [0, 0.1) is 0 Å². The monoisotopic (exact) mass is 204 g/mol. The molecule has 0 radical (unpaired) electrons. The SMILES string of the molecule is CCN1CC(=O)Nc2ccccc2C1=O. The van der Waals surface area contributed by atoms with Crippen molar-refractivity contribution in [3.8, 4) is 0 Å². The molecule has 0 aromatic heterocycles.